The Balaban J connectivity index is 1.81. The van der Waals surface area contributed by atoms with Gasteiger partial charge in [-0.25, -0.2) is 0 Å². The summed E-state index contributed by atoms with van der Waals surface area (Å²) >= 11 is 11.6. The highest BCUT2D eigenvalue weighted by Gasteiger charge is 2.37. The lowest BCUT2D eigenvalue weighted by atomic mass is 10.2. The van der Waals surface area contributed by atoms with Crippen LogP contribution in [0.2, 0.25) is 5.02 Å². The van der Waals surface area contributed by atoms with Crippen LogP contribution in [0.4, 0.5) is 4.79 Å². The summed E-state index contributed by atoms with van der Waals surface area (Å²) in [6.45, 7) is 4.22. The third-order valence-electron chi connectivity index (χ3n) is 4.50. The number of halogens is 3. The predicted molar refractivity (Wildman–Crippen MR) is 135 cm³/mol. The number of imide groups is 1. The van der Waals surface area contributed by atoms with E-state index in [2.05, 4.69) is 45.2 Å². The first-order valence-electron chi connectivity index (χ1n) is 8.94. The van der Waals surface area contributed by atoms with E-state index in [1.54, 1.807) is 6.08 Å². The maximum absolute atomic E-state index is 12.6. The van der Waals surface area contributed by atoms with Crippen LogP contribution < -0.4 is 4.74 Å². The molecule has 8 heteroatoms. The van der Waals surface area contributed by atoms with E-state index >= 15 is 0 Å². The molecule has 0 unspecified atom stereocenters. The molecule has 3 rings (SSSR count). The standard InChI is InChI=1S/C21H18ClI2NO3S/c1-3-12(2)25-20(26)18(29-21(25)27)10-13-8-16(23)19(17(24)9-13)28-11-14-6-4-5-7-15(14)22/h4-10,12H,3,11H2,1-2H3/b18-10+/t12-/m0/s1. The van der Waals surface area contributed by atoms with Crippen molar-refractivity contribution in [2.24, 2.45) is 0 Å². The predicted octanol–water partition coefficient (Wildman–Crippen LogP) is 6.96. The van der Waals surface area contributed by atoms with Gasteiger partial charge in [-0.2, -0.15) is 0 Å². The number of thioether (sulfide) groups is 1. The SMILES string of the molecule is CC[C@H](C)N1C(=O)S/C(=C/c2cc(I)c(OCc3ccccc3Cl)c(I)c2)C1=O. The van der Waals surface area contributed by atoms with Crippen molar-refractivity contribution in [3.05, 3.63) is 64.6 Å². The molecular weight excluding hydrogens is 636 g/mol. The smallest absolute Gasteiger partial charge is 0.293 e. The van der Waals surface area contributed by atoms with E-state index < -0.39 is 0 Å². The van der Waals surface area contributed by atoms with Gasteiger partial charge in [0, 0.05) is 16.6 Å². The molecule has 29 heavy (non-hydrogen) atoms. The molecule has 0 spiro atoms. The molecule has 2 aromatic carbocycles. The van der Waals surface area contributed by atoms with Gasteiger partial charge in [0.1, 0.15) is 12.4 Å². The van der Waals surface area contributed by atoms with E-state index in [1.165, 1.54) is 4.90 Å². The number of hydrogen-bond acceptors (Lipinski definition) is 4. The monoisotopic (exact) mass is 653 g/mol. The van der Waals surface area contributed by atoms with Gasteiger partial charge in [0.2, 0.25) is 0 Å². The van der Waals surface area contributed by atoms with E-state index in [1.807, 2.05) is 50.2 Å². The van der Waals surface area contributed by atoms with E-state index in [0.29, 0.717) is 16.5 Å². The highest BCUT2D eigenvalue weighted by Crippen LogP contribution is 2.36. The van der Waals surface area contributed by atoms with E-state index in [-0.39, 0.29) is 17.2 Å². The summed E-state index contributed by atoms with van der Waals surface area (Å²) in [6.07, 6.45) is 2.51. The van der Waals surface area contributed by atoms with E-state index in [4.69, 9.17) is 16.3 Å². The molecule has 2 amide bonds. The van der Waals surface area contributed by atoms with Crippen molar-refractivity contribution in [2.45, 2.75) is 32.9 Å². The minimum absolute atomic E-state index is 0.103. The van der Waals surface area contributed by atoms with Crippen LogP contribution in [-0.4, -0.2) is 22.1 Å². The Labute approximate surface area is 206 Å². The molecule has 0 bridgehead atoms. The third kappa shape index (κ3) is 5.29. The van der Waals surface area contributed by atoms with Crippen molar-refractivity contribution in [2.75, 3.05) is 0 Å². The maximum Gasteiger partial charge on any atom is 0.293 e. The molecule has 1 saturated heterocycles. The summed E-state index contributed by atoms with van der Waals surface area (Å²) in [5.41, 5.74) is 1.78. The van der Waals surface area contributed by atoms with Gasteiger partial charge < -0.3 is 4.74 Å². The zero-order chi connectivity index (χ0) is 21.1. The van der Waals surface area contributed by atoms with Crippen LogP contribution >= 0.6 is 68.5 Å². The highest BCUT2D eigenvalue weighted by atomic mass is 127. The first-order chi connectivity index (χ1) is 13.8. The average molecular weight is 654 g/mol. The van der Waals surface area contributed by atoms with Crippen LogP contribution in [0.5, 0.6) is 5.75 Å². The van der Waals surface area contributed by atoms with Crippen molar-refractivity contribution in [1.29, 1.82) is 0 Å². The summed E-state index contributed by atoms with van der Waals surface area (Å²) < 4.78 is 7.86. The first kappa shape index (κ1) is 22.9. The first-order valence-corrected chi connectivity index (χ1v) is 12.3. The molecule has 0 saturated carbocycles. The van der Waals surface area contributed by atoms with Crippen LogP contribution in [-0.2, 0) is 11.4 Å². The Morgan fingerprint density at radius 3 is 2.48 bits per heavy atom. The van der Waals surface area contributed by atoms with Gasteiger partial charge in [-0.3, -0.25) is 14.5 Å². The summed E-state index contributed by atoms with van der Waals surface area (Å²) in [4.78, 5) is 26.6. The summed E-state index contributed by atoms with van der Waals surface area (Å²) in [5.74, 6) is 0.550. The van der Waals surface area contributed by atoms with Gasteiger partial charge in [0.05, 0.1) is 12.0 Å². The molecule has 0 radical (unpaired) electrons. The van der Waals surface area contributed by atoms with Gasteiger partial charge in [-0.15, -0.1) is 0 Å². The van der Waals surface area contributed by atoms with Crippen molar-refractivity contribution >= 4 is 85.8 Å². The second kappa shape index (κ2) is 10.0. The van der Waals surface area contributed by atoms with Crippen molar-refractivity contribution < 1.29 is 14.3 Å². The molecule has 1 aliphatic heterocycles. The highest BCUT2D eigenvalue weighted by molar-refractivity contribution is 14.1. The number of rotatable bonds is 6. The molecule has 2 aromatic rings. The van der Waals surface area contributed by atoms with Crippen LogP contribution in [0.1, 0.15) is 31.4 Å². The minimum atomic E-state index is -0.224. The Morgan fingerprint density at radius 1 is 1.21 bits per heavy atom. The molecule has 1 fully saturated rings. The van der Waals surface area contributed by atoms with Crippen LogP contribution in [0, 0.1) is 7.14 Å². The molecule has 1 aliphatic rings. The number of carbonyl (C=O) groups excluding carboxylic acids is 2. The van der Waals surface area contributed by atoms with Crippen molar-refractivity contribution in [1.82, 2.24) is 4.90 Å². The zero-order valence-electron chi connectivity index (χ0n) is 15.7. The summed E-state index contributed by atoms with van der Waals surface area (Å²) in [5, 5.41) is 0.464. The number of amides is 2. The minimum Gasteiger partial charge on any atom is -0.487 e. The molecule has 4 nitrogen and oxygen atoms in total. The van der Waals surface area contributed by atoms with E-state index in [0.717, 1.165) is 42.2 Å². The quantitative estimate of drug-likeness (QED) is 0.250. The average Bonchev–Trinajstić information content (AvgIpc) is 2.95. The Hall–Kier alpha value is -0.780. The fourth-order valence-corrected chi connectivity index (χ4v) is 6.01. The number of ether oxygens (including phenoxy) is 1. The molecule has 0 aromatic heterocycles. The molecule has 1 heterocycles. The number of carbonyl (C=O) groups is 2. The number of benzene rings is 2. The van der Waals surface area contributed by atoms with Crippen LogP contribution in [0.15, 0.2) is 41.3 Å². The van der Waals surface area contributed by atoms with Crippen LogP contribution in [0.3, 0.4) is 0 Å². The molecule has 0 aliphatic carbocycles. The fraction of sp³-hybridized carbons (Fsp3) is 0.238. The van der Waals surface area contributed by atoms with E-state index in [9.17, 15) is 9.59 Å². The van der Waals surface area contributed by atoms with Gasteiger partial charge in [-0.05, 0) is 100 Å². The topological polar surface area (TPSA) is 46.6 Å². The molecule has 152 valence electrons. The Kier molecular flexibility index (Phi) is 7.91. The Bertz CT molecular complexity index is 973. The normalized spacial score (nSPS) is 16.6. The summed E-state index contributed by atoms with van der Waals surface area (Å²) in [6, 6.07) is 11.4. The fourth-order valence-electron chi connectivity index (χ4n) is 2.76. The lowest BCUT2D eigenvalue weighted by Gasteiger charge is -2.19. The van der Waals surface area contributed by atoms with Crippen molar-refractivity contribution in [3.63, 3.8) is 0 Å². The van der Waals surface area contributed by atoms with Gasteiger partial charge >= 0.3 is 0 Å². The number of hydrogen-bond donors (Lipinski definition) is 0. The molecule has 0 N–H and O–H groups in total. The second-order valence-corrected chi connectivity index (χ2v) is 10.2. The summed E-state index contributed by atoms with van der Waals surface area (Å²) in [7, 11) is 0. The lowest BCUT2D eigenvalue weighted by molar-refractivity contribution is -0.124. The molecular formula is C21H18ClI2NO3S. The van der Waals surface area contributed by atoms with Crippen LogP contribution in [0.25, 0.3) is 6.08 Å². The third-order valence-corrected chi connectivity index (χ3v) is 7.36. The van der Waals surface area contributed by atoms with Crippen molar-refractivity contribution in [3.8, 4) is 5.75 Å². The largest absolute Gasteiger partial charge is 0.487 e. The maximum atomic E-state index is 12.6. The van der Waals surface area contributed by atoms with Gasteiger partial charge in [-0.1, -0.05) is 36.7 Å². The Morgan fingerprint density at radius 2 is 1.86 bits per heavy atom. The number of nitrogens with zero attached hydrogens (tertiary/aromatic N) is 1. The lowest BCUT2D eigenvalue weighted by Crippen LogP contribution is -2.36. The van der Waals surface area contributed by atoms with Gasteiger partial charge in [0.15, 0.2) is 0 Å². The molecule has 1 atom stereocenters. The zero-order valence-corrected chi connectivity index (χ0v) is 21.6. The second-order valence-electron chi connectivity index (χ2n) is 6.50. The van der Waals surface area contributed by atoms with Gasteiger partial charge in [0.25, 0.3) is 11.1 Å².